The summed E-state index contributed by atoms with van der Waals surface area (Å²) < 4.78 is 12.9. The van der Waals surface area contributed by atoms with Crippen LogP contribution in [0, 0.1) is 5.92 Å². The van der Waals surface area contributed by atoms with Gasteiger partial charge in [0.25, 0.3) is 0 Å². The third kappa shape index (κ3) is 3.92. The van der Waals surface area contributed by atoms with Gasteiger partial charge in [-0.05, 0) is 76.5 Å². The largest absolute Gasteiger partial charge is 0.504 e. The van der Waals surface area contributed by atoms with Gasteiger partial charge in [-0.25, -0.2) is 4.79 Å². The van der Waals surface area contributed by atoms with Crippen molar-refractivity contribution in [2.75, 3.05) is 13.1 Å². The maximum absolute atomic E-state index is 14.0. The second-order valence-corrected chi connectivity index (χ2v) is 12.7. The van der Waals surface area contributed by atoms with Crippen LogP contribution in [0.2, 0.25) is 0 Å². The van der Waals surface area contributed by atoms with E-state index >= 15 is 0 Å². The molecule has 216 valence electrons. The smallest absolute Gasteiger partial charge is 0.331 e. The van der Waals surface area contributed by atoms with E-state index in [1.165, 1.54) is 12.8 Å². The number of carbonyl (C=O) groups excluding carboxylic acids is 3. The second kappa shape index (κ2) is 9.17. The quantitative estimate of drug-likeness (QED) is 0.325. The molecule has 1 unspecified atom stereocenters. The Morgan fingerprint density at radius 1 is 1.27 bits per heavy atom. The fourth-order valence-electron chi connectivity index (χ4n) is 7.61. The highest BCUT2D eigenvalue weighted by Gasteiger charge is 2.75. The molecule has 1 spiro atoms. The zero-order valence-electron chi connectivity index (χ0n) is 22.9. The van der Waals surface area contributed by atoms with Gasteiger partial charge in [0.05, 0.1) is 11.5 Å². The van der Waals surface area contributed by atoms with E-state index in [-0.39, 0.29) is 36.8 Å². The maximum Gasteiger partial charge on any atom is 0.331 e. The van der Waals surface area contributed by atoms with Crippen molar-refractivity contribution in [1.29, 1.82) is 0 Å². The number of phenolic OH excluding ortho intramolecular Hbond substituents is 1. The number of carboxylic acids is 1. The minimum atomic E-state index is -1.43. The Labute approximate surface area is 232 Å². The summed E-state index contributed by atoms with van der Waals surface area (Å²) in [5.74, 6) is -1.51. The number of benzene rings is 1. The van der Waals surface area contributed by atoms with Crippen LogP contribution < -0.4 is 15.8 Å². The van der Waals surface area contributed by atoms with Crippen molar-refractivity contribution in [2.24, 2.45) is 11.7 Å². The second-order valence-electron chi connectivity index (χ2n) is 12.7. The first kappa shape index (κ1) is 27.0. The van der Waals surface area contributed by atoms with Gasteiger partial charge in [0.1, 0.15) is 17.2 Å². The van der Waals surface area contributed by atoms with Gasteiger partial charge in [0.2, 0.25) is 5.91 Å². The monoisotopic (exact) mass is 555 g/mol. The van der Waals surface area contributed by atoms with Crippen molar-refractivity contribution in [2.45, 2.75) is 100.0 Å². The first-order valence-corrected chi connectivity index (χ1v) is 14.2. The molecule has 0 aromatic heterocycles. The Kier molecular flexibility index (Phi) is 6.19. The van der Waals surface area contributed by atoms with Crippen molar-refractivity contribution in [3.05, 3.63) is 23.3 Å². The fourth-order valence-corrected chi connectivity index (χ4v) is 7.61. The minimum Gasteiger partial charge on any atom is -0.504 e. The number of rotatable bonds is 9. The molecule has 1 aromatic rings. The molecular formula is C29H37N3O8. The van der Waals surface area contributed by atoms with Gasteiger partial charge in [-0.1, -0.05) is 6.07 Å². The third-order valence-electron chi connectivity index (χ3n) is 9.75. The Balaban J connectivity index is 1.35. The molecule has 6 rings (SSSR count). The van der Waals surface area contributed by atoms with E-state index in [4.69, 9.17) is 20.3 Å². The number of nitrogens with zero attached hydrogens (tertiary/aromatic N) is 1. The molecule has 5 atom stereocenters. The van der Waals surface area contributed by atoms with Gasteiger partial charge in [0.15, 0.2) is 23.4 Å². The number of aliphatic carboxylic acids is 1. The van der Waals surface area contributed by atoms with E-state index in [1.54, 1.807) is 19.9 Å². The SMILES string of the molecule is CC(C)(NC(=O)CCC(N)C(=O)O)C(=O)O[C@@]12CCC(=O)[C@@H]3Oc4c(O)ccc5c4[C@@]31CCN(CC1CC1)[C@@H]2C5. The van der Waals surface area contributed by atoms with Crippen LogP contribution >= 0.6 is 0 Å². The van der Waals surface area contributed by atoms with E-state index < -0.39 is 46.5 Å². The number of nitrogens with one attached hydrogen (secondary N) is 1. The topological polar surface area (TPSA) is 168 Å². The van der Waals surface area contributed by atoms with Crippen molar-refractivity contribution in [1.82, 2.24) is 10.2 Å². The Morgan fingerprint density at radius 3 is 2.73 bits per heavy atom. The highest BCUT2D eigenvalue weighted by atomic mass is 16.6. The standard InChI is InChI=1S/C29H37N3O8/c1-27(2,31-21(35)8-6-17(30)25(36)37)26(38)40-29-10-9-19(34)24-28(29)11-12-32(14-15-3-4-15)20(29)13-16-5-7-18(33)23(39-24)22(16)28/h5,7,15,17,20,24,33H,3-4,6,8-14,30H2,1-2H3,(H,31,35)(H,36,37)/t17?,20-,24+,28+,29-/m1/s1. The molecule has 11 nitrogen and oxygen atoms in total. The van der Waals surface area contributed by atoms with Crippen LogP contribution in [0.5, 0.6) is 11.5 Å². The number of esters is 1. The molecule has 11 heteroatoms. The van der Waals surface area contributed by atoms with E-state index in [0.29, 0.717) is 30.9 Å². The first-order valence-electron chi connectivity index (χ1n) is 14.2. The van der Waals surface area contributed by atoms with Crippen molar-refractivity contribution >= 4 is 23.6 Å². The number of carboxylic acid groups (broad SMARTS) is 1. The molecule has 1 amide bonds. The first-order chi connectivity index (χ1) is 18.9. The van der Waals surface area contributed by atoms with Gasteiger partial charge in [-0.15, -0.1) is 0 Å². The molecule has 3 fully saturated rings. The summed E-state index contributed by atoms with van der Waals surface area (Å²) in [5, 5.41) is 22.5. The Bertz CT molecular complexity index is 1290. The summed E-state index contributed by atoms with van der Waals surface area (Å²) >= 11 is 0. The lowest BCUT2D eigenvalue weighted by atomic mass is 9.48. The summed E-state index contributed by atoms with van der Waals surface area (Å²) in [4.78, 5) is 53.5. The van der Waals surface area contributed by atoms with Crippen molar-refractivity contribution in [3.63, 3.8) is 0 Å². The average Bonchev–Trinajstić information content (AvgIpc) is 3.64. The van der Waals surface area contributed by atoms with Gasteiger partial charge in [0, 0.05) is 24.9 Å². The van der Waals surface area contributed by atoms with Crippen LogP contribution in [0.15, 0.2) is 12.1 Å². The number of ketones is 1. The van der Waals surface area contributed by atoms with Crippen LogP contribution in [0.4, 0.5) is 0 Å². The number of carbonyl (C=O) groups is 4. The number of likely N-dealkylation sites (tertiary alicyclic amines) is 1. The lowest BCUT2D eigenvalue weighted by Crippen LogP contribution is -2.78. The number of aromatic hydroxyl groups is 1. The molecule has 0 radical (unpaired) electrons. The van der Waals surface area contributed by atoms with E-state index in [9.17, 15) is 24.3 Å². The molecule has 5 N–H and O–H groups in total. The van der Waals surface area contributed by atoms with Crippen molar-refractivity contribution in [3.8, 4) is 11.5 Å². The van der Waals surface area contributed by atoms with Crippen LogP contribution in [-0.4, -0.2) is 81.2 Å². The molecule has 2 aliphatic heterocycles. The lowest BCUT2D eigenvalue weighted by Gasteiger charge is -2.64. The number of Topliss-reactive ketones (excluding diaryl/α,β-unsaturated/α-hetero) is 1. The Hall–Kier alpha value is -3.18. The molecule has 2 bridgehead atoms. The molecule has 3 aliphatic carbocycles. The summed E-state index contributed by atoms with van der Waals surface area (Å²) in [6.45, 7) is 4.73. The molecular weight excluding hydrogens is 518 g/mol. The summed E-state index contributed by atoms with van der Waals surface area (Å²) in [6.07, 6.45) is 2.90. The highest BCUT2D eigenvalue weighted by Crippen LogP contribution is 2.66. The van der Waals surface area contributed by atoms with Crippen molar-refractivity contribution < 1.29 is 38.9 Å². The summed E-state index contributed by atoms with van der Waals surface area (Å²) in [6, 6.07) is 2.14. The summed E-state index contributed by atoms with van der Waals surface area (Å²) in [7, 11) is 0. The van der Waals surface area contributed by atoms with Gasteiger partial charge < -0.3 is 30.7 Å². The van der Waals surface area contributed by atoms with E-state index in [2.05, 4.69) is 10.2 Å². The molecule has 1 saturated heterocycles. The molecule has 2 heterocycles. The average molecular weight is 556 g/mol. The normalized spacial score (nSPS) is 31.1. The summed E-state index contributed by atoms with van der Waals surface area (Å²) in [5.41, 5.74) is 3.87. The van der Waals surface area contributed by atoms with Crippen LogP contribution in [0.1, 0.15) is 69.9 Å². The van der Waals surface area contributed by atoms with Crippen LogP contribution in [-0.2, 0) is 35.8 Å². The van der Waals surface area contributed by atoms with Crippen LogP contribution in [0.25, 0.3) is 0 Å². The zero-order valence-corrected chi connectivity index (χ0v) is 22.9. The number of amides is 1. The third-order valence-corrected chi connectivity index (χ3v) is 9.75. The van der Waals surface area contributed by atoms with Crippen LogP contribution in [0.3, 0.4) is 0 Å². The number of hydrogen-bond acceptors (Lipinski definition) is 9. The number of piperidine rings is 1. The maximum atomic E-state index is 14.0. The number of phenols is 1. The molecule has 1 aromatic carbocycles. The molecule has 2 saturated carbocycles. The highest BCUT2D eigenvalue weighted by molar-refractivity contribution is 5.92. The molecule has 40 heavy (non-hydrogen) atoms. The number of ether oxygens (including phenoxy) is 2. The number of nitrogens with two attached hydrogens (primary N) is 1. The molecule has 5 aliphatic rings. The Morgan fingerprint density at radius 2 is 2.02 bits per heavy atom. The minimum absolute atomic E-state index is 0.0263. The van der Waals surface area contributed by atoms with E-state index in [1.807, 2.05) is 6.07 Å². The zero-order chi connectivity index (χ0) is 28.6. The predicted molar refractivity (Wildman–Crippen MR) is 141 cm³/mol. The lowest BCUT2D eigenvalue weighted by molar-refractivity contribution is -0.220. The van der Waals surface area contributed by atoms with Gasteiger partial charge >= 0.3 is 11.9 Å². The number of hydrogen-bond donors (Lipinski definition) is 4. The van der Waals surface area contributed by atoms with Gasteiger partial charge in [-0.2, -0.15) is 0 Å². The van der Waals surface area contributed by atoms with Gasteiger partial charge in [-0.3, -0.25) is 19.3 Å². The van der Waals surface area contributed by atoms with E-state index in [0.717, 1.165) is 24.2 Å². The fraction of sp³-hybridized carbons (Fsp3) is 0.655. The predicted octanol–water partition coefficient (Wildman–Crippen LogP) is 1.16.